The molecule has 0 unspecified atom stereocenters. The van der Waals surface area contributed by atoms with Crippen molar-refractivity contribution in [1.82, 2.24) is 14.5 Å². The van der Waals surface area contributed by atoms with Crippen LogP contribution in [0, 0.1) is 6.92 Å². The normalized spacial score (nSPS) is 11.1. The number of pyridine rings is 1. The minimum atomic E-state index is 0.577. The molecule has 3 rings (SSSR count). The average molecular weight is 300 g/mol. The molecule has 3 nitrogen and oxygen atoms in total. The van der Waals surface area contributed by atoms with Crippen molar-refractivity contribution >= 4 is 22.8 Å². The van der Waals surface area contributed by atoms with Crippen molar-refractivity contribution in [2.24, 2.45) is 0 Å². The summed E-state index contributed by atoms with van der Waals surface area (Å²) in [4.78, 5) is 9.12. The van der Waals surface area contributed by atoms with Gasteiger partial charge in [-0.15, -0.1) is 11.6 Å². The SMILES string of the molecule is Cc1cccc(CCn2c(CCCl)nc3cccnc32)c1. The number of halogens is 1. The van der Waals surface area contributed by atoms with Crippen LogP contribution in [-0.4, -0.2) is 20.4 Å². The van der Waals surface area contributed by atoms with Crippen molar-refractivity contribution in [3.8, 4) is 0 Å². The van der Waals surface area contributed by atoms with E-state index in [-0.39, 0.29) is 0 Å². The van der Waals surface area contributed by atoms with Crippen LogP contribution >= 0.6 is 11.6 Å². The summed E-state index contributed by atoms with van der Waals surface area (Å²) in [6, 6.07) is 12.5. The van der Waals surface area contributed by atoms with Gasteiger partial charge in [0.2, 0.25) is 0 Å². The highest BCUT2D eigenvalue weighted by Crippen LogP contribution is 2.16. The second-order valence-corrected chi connectivity index (χ2v) is 5.58. The largest absolute Gasteiger partial charge is 0.312 e. The van der Waals surface area contributed by atoms with Crippen LogP contribution in [0.1, 0.15) is 17.0 Å². The summed E-state index contributed by atoms with van der Waals surface area (Å²) in [6.45, 7) is 3.00. The van der Waals surface area contributed by atoms with Gasteiger partial charge >= 0.3 is 0 Å². The molecule has 2 aromatic heterocycles. The van der Waals surface area contributed by atoms with Crippen molar-refractivity contribution in [2.45, 2.75) is 26.3 Å². The van der Waals surface area contributed by atoms with Gasteiger partial charge in [0.25, 0.3) is 0 Å². The Morgan fingerprint density at radius 1 is 1.14 bits per heavy atom. The van der Waals surface area contributed by atoms with E-state index in [1.807, 2.05) is 18.3 Å². The van der Waals surface area contributed by atoms with Crippen LogP contribution in [0.15, 0.2) is 42.6 Å². The Bertz CT molecular complexity index is 749. The highest BCUT2D eigenvalue weighted by Gasteiger charge is 2.10. The number of imidazole rings is 1. The Labute approximate surface area is 129 Å². The van der Waals surface area contributed by atoms with Gasteiger partial charge in [0.15, 0.2) is 5.65 Å². The molecule has 0 aliphatic carbocycles. The van der Waals surface area contributed by atoms with Crippen molar-refractivity contribution in [1.29, 1.82) is 0 Å². The van der Waals surface area contributed by atoms with Crippen LogP contribution in [-0.2, 0) is 19.4 Å². The third-order valence-corrected chi connectivity index (χ3v) is 3.80. The lowest BCUT2D eigenvalue weighted by Crippen LogP contribution is -2.07. The summed E-state index contributed by atoms with van der Waals surface area (Å²) >= 11 is 5.90. The topological polar surface area (TPSA) is 30.7 Å². The lowest BCUT2D eigenvalue weighted by atomic mass is 10.1. The number of nitrogens with zero attached hydrogens (tertiary/aromatic N) is 3. The molecule has 0 saturated heterocycles. The molecule has 0 fully saturated rings. The molecule has 21 heavy (non-hydrogen) atoms. The van der Waals surface area contributed by atoms with Gasteiger partial charge in [-0.3, -0.25) is 0 Å². The highest BCUT2D eigenvalue weighted by molar-refractivity contribution is 6.17. The molecule has 0 spiro atoms. The van der Waals surface area contributed by atoms with Gasteiger partial charge in [-0.25, -0.2) is 9.97 Å². The maximum atomic E-state index is 5.90. The Morgan fingerprint density at radius 2 is 2.05 bits per heavy atom. The van der Waals surface area contributed by atoms with E-state index < -0.39 is 0 Å². The van der Waals surface area contributed by atoms with Crippen LogP contribution in [0.2, 0.25) is 0 Å². The number of benzene rings is 1. The first-order valence-electron chi connectivity index (χ1n) is 7.19. The fraction of sp³-hybridized carbons (Fsp3) is 0.294. The summed E-state index contributed by atoms with van der Waals surface area (Å²) in [6.07, 6.45) is 3.56. The zero-order chi connectivity index (χ0) is 14.7. The smallest absolute Gasteiger partial charge is 0.159 e. The molecule has 0 aliphatic heterocycles. The molecule has 0 atom stereocenters. The predicted octanol–water partition coefficient (Wildman–Crippen LogP) is 3.76. The molecule has 0 aliphatic rings. The molecule has 108 valence electrons. The molecule has 0 saturated carbocycles. The van der Waals surface area contributed by atoms with Gasteiger partial charge in [0.05, 0.1) is 0 Å². The van der Waals surface area contributed by atoms with Crippen LogP contribution in [0.3, 0.4) is 0 Å². The zero-order valence-corrected chi connectivity index (χ0v) is 12.8. The van der Waals surface area contributed by atoms with Crippen molar-refractivity contribution in [3.63, 3.8) is 0 Å². The number of hydrogen-bond acceptors (Lipinski definition) is 2. The van der Waals surface area contributed by atoms with Gasteiger partial charge < -0.3 is 4.57 Å². The quantitative estimate of drug-likeness (QED) is 0.672. The molecule has 0 N–H and O–H groups in total. The van der Waals surface area contributed by atoms with Crippen LogP contribution in [0.25, 0.3) is 11.2 Å². The zero-order valence-electron chi connectivity index (χ0n) is 12.1. The minimum absolute atomic E-state index is 0.577. The van der Waals surface area contributed by atoms with Gasteiger partial charge in [-0.1, -0.05) is 29.8 Å². The third kappa shape index (κ3) is 3.08. The number of aryl methyl sites for hydroxylation is 4. The van der Waals surface area contributed by atoms with Crippen molar-refractivity contribution < 1.29 is 0 Å². The molecule has 0 bridgehead atoms. The summed E-state index contributed by atoms with van der Waals surface area (Å²) in [5.74, 6) is 1.60. The summed E-state index contributed by atoms with van der Waals surface area (Å²) in [5.41, 5.74) is 4.53. The molecular formula is C17H18ClN3. The molecular weight excluding hydrogens is 282 g/mol. The van der Waals surface area contributed by atoms with E-state index in [0.717, 1.165) is 36.4 Å². The lowest BCUT2D eigenvalue weighted by molar-refractivity contribution is 0.669. The fourth-order valence-corrected chi connectivity index (χ4v) is 2.79. The van der Waals surface area contributed by atoms with Gasteiger partial charge in [-0.2, -0.15) is 0 Å². The van der Waals surface area contributed by atoms with E-state index in [9.17, 15) is 0 Å². The number of fused-ring (bicyclic) bond motifs is 1. The van der Waals surface area contributed by atoms with E-state index >= 15 is 0 Å². The first kappa shape index (κ1) is 14.1. The number of rotatable bonds is 5. The average Bonchev–Trinajstić information content (AvgIpc) is 2.83. The summed E-state index contributed by atoms with van der Waals surface area (Å²) in [5, 5.41) is 0. The maximum Gasteiger partial charge on any atom is 0.159 e. The fourth-order valence-electron chi connectivity index (χ4n) is 2.62. The van der Waals surface area contributed by atoms with Crippen molar-refractivity contribution in [2.75, 3.05) is 5.88 Å². The minimum Gasteiger partial charge on any atom is -0.312 e. The monoisotopic (exact) mass is 299 g/mol. The third-order valence-electron chi connectivity index (χ3n) is 3.61. The second-order valence-electron chi connectivity index (χ2n) is 5.20. The second kappa shape index (κ2) is 6.27. The van der Waals surface area contributed by atoms with Gasteiger partial charge in [0.1, 0.15) is 11.3 Å². The standard InChI is InChI=1S/C17H18ClN3/c1-13-4-2-5-14(12-13)8-11-21-16(7-9-18)20-15-6-3-10-19-17(15)21/h2-6,10,12H,7-9,11H2,1H3. The molecule has 0 amide bonds. The van der Waals surface area contributed by atoms with Crippen molar-refractivity contribution in [3.05, 3.63) is 59.5 Å². The molecule has 4 heteroatoms. The Balaban J connectivity index is 1.89. The molecule has 0 radical (unpaired) electrons. The Hall–Kier alpha value is -1.87. The number of aromatic nitrogens is 3. The highest BCUT2D eigenvalue weighted by atomic mass is 35.5. The van der Waals surface area contributed by atoms with Crippen LogP contribution in [0.4, 0.5) is 0 Å². The summed E-state index contributed by atoms with van der Waals surface area (Å²) < 4.78 is 2.19. The van der Waals surface area contributed by atoms with E-state index in [4.69, 9.17) is 11.6 Å². The lowest BCUT2D eigenvalue weighted by Gasteiger charge is -2.08. The Morgan fingerprint density at radius 3 is 2.86 bits per heavy atom. The molecule has 2 heterocycles. The molecule has 1 aromatic carbocycles. The van der Waals surface area contributed by atoms with Gasteiger partial charge in [-0.05, 0) is 31.0 Å². The predicted molar refractivity (Wildman–Crippen MR) is 86.8 cm³/mol. The van der Waals surface area contributed by atoms with Crippen LogP contribution < -0.4 is 0 Å². The first-order valence-corrected chi connectivity index (χ1v) is 7.73. The number of hydrogen-bond donors (Lipinski definition) is 0. The van der Waals surface area contributed by atoms with E-state index in [0.29, 0.717) is 5.88 Å². The van der Waals surface area contributed by atoms with Crippen LogP contribution in [0.5, 0.6) is 0 Å². The van der Waals surface area contributed by atoms with E-state index in [1.54, 1.807) is 0 Å². The van der Waals surface area contributed by atoms with E-state index in [1.165, 1.54) is 11.1 Å². The van der Waals surface area contributed by atoms with Gasteiger partial charge in [0, 0.05) is 25.0 Å². The summed E-state index contributed by atoms with van der Waals surface area (Å²) in [7, 11) is 0. The first-order chi connectivity index (χ1) is 10.3. The maximum absolute atomic E-state index is 5.90. The Kier molecular flexibility index (Phi) is 4.20. The van der Waals surface area contributed by atoms with E-state index in [2.05, 4.69) is 45.7 Å². The number of alkyl halides is 1. The molecule has 3 aromatic rings.